The van der Waals surface area contributed by atoms with Crippen LogP contribution in [0.2, 0.25) is 5.02 Å². The number of halogens is 1. The van der Waals surface area contributed by atoms with E-state index in [1.807, 2.05) is 65.8 Å². The van der Waals surface area contributed by atoms with Crippen LogP contribution in [0, 0.1) is 12.3 Å². The number of nitrogens with one attached hydrogen (secondary N) is 1. The Bertz CT molecular complexity index is 1420. The molecule has 0 saturated heterocycles. The number of ketones is 1. The van der Waals surface area contributed by atoms with Crippen molar-refractivity contribution < 1.29 is 9.59 Å². The minimum atomic E-state index is -0.102. The van der Waals surface area contributed by atoms with Crippen molar-refractivity contribution >= 4 is 34.3 Å². The molecule has 7 heteroatoms. The SMILES string of the molecule is CCN(Cc1cccc(C)c1)C(=O)CCn1c(=N)n(CC(=O)c2ccc(Cl)cc2)c2ccccc21. The Balaban J connectivity index is 1.54. The lowest BCUT2D eigenvalue weighted by atomic mass is 10.1. The van der Waals surface area contributed by atoms with Crippen LogP contribution in [0.25, 0.3) is 11.0 Å². The van der Waals surface area contributed by atoms with Gasteiger partial charge in [0.15, 0.2) is 5.78 Å². The molecule has 0 aliphatic rings. The first-order valence-corrected chi connectivity index (χ1v) is 12.1. The molecule has 0 saturated carbocycles. The Hall–Kier alpha value is -3.64. The maximum atomic E-state index is 13.1. The fourth-order valence-corrected chi connectivity index (χ4v) is 4.45. The maximum absolute atomic E-state index is 13.1. The molecular weight excluding hydrogens is 460 g/mol. The van der Waals surface area contributed by atoms with Crippen LogP contribution in [0.1, 0.15) is 34.8 Å². The van der Waals surface area contributed by atoms with Crippen LogP contribution in [-0.4, -0.2) is 32.3 Å². The second kappa shape index (κ2) is 10.7. The predicted molar refractivity (Wildman–Crippen MR) is 138 cm³/mol. The summed E-state index contributed by atoms with van der Waals surface area (Å²) in [6.45, 7) is 5.60. The zero-order valence-electron chi connectivity index (χ0n) is 20.0. The molecule has 1 heterocycles. The third kappa shape index (κ3) is 5.54. The zero-order valence-corrected chi connectivity index (χ0v) is 20.8. The van der Waals surface area contributed by atoms with Gasteiger partial charge in [0.25, 0.3) is 0 Å². The van der Waals surface area contributed by atoms with Gasteiger partial charge < -0.3 is 14.0 Å². The van der Waals surface area contributed by atoms with E-state index >= 15 is 0 Å². The number of carbonyl (C=O) groups is 2. The van der Waals surface area contributed by atoms with Crippen LogP contribution in [0.3, 0.4) is 0 Å². The van der Waals surface area contributed by atoms with Gasteiger partial charge in [-0.1, -0.05) is 53.6 Å². The monoisotopic (exact) mass is 488 g/mol. The first-order valence-electron chi connectivity index (χ1n) is 11.7. The van der Waals surface area contributed by atoms with Crippen molar-refractivity contribution in [3.05, 3.63) is 100 Å². The highest BCUT2D eigenvalue weighted by Crippen LogP contribution is 2.16. The van der Waals surface area contributed by atoms with E-state index in [2.05, 4.69) is 6.07 Å². The molecular formula is C28H29ClN4O2. The number of fused-ring (bicyclic) bond motifs is 1. The number of carbonyl (C=O) groups excluding carboxylic acids is 2. The molecule has 4 aromatic rings. The van der Waals surface area contributed by atoms with Gasteiger partial charge in [-0.25, -0.2) is 0 Å². The summed E-state index contributed by atoms with van der Waals surface area (Å²) >= 11 is 5.95. The van der Waals surface area contributed by atoms with Gasteiger partial charge in [-0.15, -0.1) is 0 Å². The van der Waals surface area contributed by atoms with Crippen molar-refractivity contribution in [3.63, 3.8) is 0 Å². The van der Waals surface area contributed by atoms with Crippen molar-refractivity contribution in [2.45, 2.75) is 39.9 Å². The molecule has 0 atom stereocenters. The standard InChI is InChI=1S/C28H29ClN4O2/c1-3-31(18-21-8-6-7-20(2)17-21)27(35)15-16-32-24-9-4-5-10-25(24)33(28(32)30)19-26(34)22-11-13-23(29)14-12-22/h4-14,17,30H,3,15-16,18-19H2,1-2H3. The quantitative estimate of drug-likeness (QED) is 0.329. The van der Waals surface area contributed by atoms with Gasteiger partial charge in [0.2, 0.25) is 11.5 Å². The molecule has 4 rings (SSSR count). The van der Waals surface area contributed by atoms with Crippen LogP contribution < -0.4 is 5.62 Å². The first kappa shape index (κ1) is 24.5. The van der Waals surface area contributed by atoms with Gasteiger partial charge in [0.1, 0.15) is 0 Å². The van der Waals surface area contributed by atoms with Crippen LogP contribution in [0.15, 0.2) is 72.8 Å². The average Bonchev–Trinajstić information content (AvgIpc) is 3.12. The molecule has 0 aliphatic heterocycles. The Kier molecular flexibility index (Phi) is 7.51. The summed E-state index contributed by atoms with van der Waals surface area (Å²) in [6.07, 6.45) is 0.273. The van der Waals surface area contributed by atoms with Gasteiger partial charge in [0.05, 0.1) is 17.6 Å². The fraction of sp³-hybridized carbons (Fsp3) is 0.250. The van der Waals surface area contributed by atoms with E-state index < -0.39 is 0 Å². The molecule has 0 spiro atoms. The Morgan fingerprint density at radius 2 is 1.63 bits per heavy atom. The molecule has 6 nitrogen and oxygen atoms in total. The lowest BCUT2D eigenvalue weighted by Crippen LogP contribution is -2.33. The van der Waals surface area contributed by atoms with E-state index in [0.29, 0.717) is 30.2 Å². The molecule has 3 aromatic carbocycles. The average molecular weight is 489 g/mol. The van der Waals surface area contributed by atoms with E-state index in [1.165, 1.54) is 5.56 Å². The summed E-state index contributed by atoms with van der Waals surface area (Å²) < 4.78 is 3.50. The summed E-state index contributed by atoms with van der Waals surface area (Å²) in [5.74, 6) is -0.0653. The molecule has 0 aliphatic carbocycles. The number of hydrogen-bond acceptors (Lipinski definition) is 3. The topological polar surface area (TPSA) is 71.1 Å². The Morgan fingerprint density at radius 3 is 2.29 bits per heavy atom. The van der Waals surface area contributed by atoms with E-state index in [1.54, 1.807) is 28.8 Å². The summed E-state index contributed by atoms with van der Waals surface area (Å²) in [4.78, 5) is 27.8. The minimum Gasteiger partial charge on any atom is -0.339 e. The summed E-state index contributed by atoms with van der Waals surface area (Å²) in [5.41, 5.74) is 4.63. The lowest BCUT2D eigenvalue weighted by molar-refractivity contribution is -0.131. The lowest BCUT2D eigenvalue weighted by Gasteiger charge is -2.21. The van der Waals surface area contributed by atoms with E-state index in [0.717, 1.165) is 16.6 Å². The first-order chi connectivity index (χ1) is 16.9. The second-order valence-electron chi connectivity index (χ2n) is 8.63. The number of benzene rings is 3. The van der Waals surface area contributed by atoms with E-state index in [4.69, 9.17) is 17.0 Å². The highest BCUT2D eigenvalue weighted by Gasteiger charge is 2.17. The van der Waals surface area contributed by atoms with Gasteiger partial charge >= 0.3 is 0 Å². The Labute approximate surface area is 209 Å². The van der Waals surface area contributed by atoms with Crippen LogP contribution in [0.5, 0.6) is 0 Å². The molecule has 0 radical (unpaired) electrons. The highest BCUT2D eigenvalue weighted by molar-refractivity contribution is 6.30. The molecule has 35 heavy (non-hydrogen) atoms. The second-order valence-corrected chi connectivity index (χ2v) is 9.06. The molecule has 0 unspecified atom stereocenters. The van der Waals surface area contributed by atoms with Crippen molar-refractivity contribution in [1.82, 2.24) is 14.0 Å². The number of imidazole rings is 1. The molecule has 1 aromatic heterocycles. The Morgan fingerprint density at radius 1 is 0.943 bits per heavy atom. The number of rotatable bonds is 9. The minimum absolute atomic E-state index is 0.0370. The predicted octanol–water partition coefficient (Wildman–Crippen LogP) is 5.21. The van der Waals surface area contributed by atoms with Crippen molar-refractivity contribution in [3.8, 4) is 0 Å². The molecule has 0 bridgehead atoms. The molecule has 0 fully saturated rings. The van der Waals surface area contributed by atoms with Gasteiger partial charge in [0, 0.05) is 36.6 Å². The highest BCUT2D eigenvalue weighted by atomic mass is 35.5. The summed E-state index contributed by atoms with van der Waals surface area (Å²) in [7, 11) is 0. The number of para-hydroxylation sites is 2. The molecule has 1 N–H and O–H groups in total. The van der Waals surface area contributed by atoms with Crippen LogP contribution >= 0.6 is 11.6 Å². The molecule has 180 valence electrons. The third-order valence-electron chi connectivity index (χ3n) is 6.18. The number of aromatic nitrogens is 2. The van der Waals surface area contributed by atoms with Crippen LogP contribution in [-0.2, 0) is 24.4 Å². The fourth-order valence-electron chi connectivity index (χ4n) is 4.32. The number of hydrogen-bond donors (Lipinski definition) is 1. The summed E-state index contributed by atoms with van der Waals surface area (Å²) in [6, 6.07) is 22.6. The smallest absolute Gasteiger partial charge is 0.224 e. The maximum Gasteiger partial charge on any atom is 0.224 e. The van der Waals surface area contributed by atoms with Crippen molar-refractivity contribution in [1.29, 1.82) is 5.41 Å². The van der Waals surface area contributed by atoms with Crippen molar-refractivity contribution in [2.75, 3.05) is 6.54 Å². The van der Waals surface area contributed by atoms with Crippen molar-refractivity contribution in [2.24, 2.45) is 0 Å². The molecule has 1 amide bonds. The normalized spacial score (nSPS) is 11.1. The van der Waals surface area contributed by atoms with Gasteiger partial charge in [-0.2, -0.15) is 0 Å². The number of amides is 1. The van der Waals surface area contributed by atoms with Gasteiger partial charge in [-0.3, -0.25) is 15.0 Å². The number of nitrogens with zero attached hydrogens (tertiary/aromatic N) is 3. The van der Waals surface area contributed by atoms with Crippen LogP contribution in [0.4, 0.5) is 0 Å². The van der Waals surface area contributed by atoms with Gasteiger partial charge in [-0.05, 0) is 55.8 Å². The number of aryl methyl sites for hydroxylation is 2. The third-order valence-corrected chi connectivity index (χ3v) is 6.43. The largest absolute Gasteiger partial charge is 0.339 e. The zero-order chi connectivity index (χ0) is 24.9. The van der Waals surface area contributed by atoms with E-state index in [-0.39, 0.29) is 30.3 Å². The van der Waals surface area contributed by atoms with E-state index in [9.17, 15) is 9.59 Å². The number of Topliss-reactive ketones (excluding diaryl/α,β-unsaturated/α-hetero) is 1. The summed E-state index contributed by atoms with van der Waals surface area (Å²) in [5, 5.41) is 9.36.